The summed E-state index contributed by atoms with van der Waals surface area (Å²) in [6, 6.07) is 0.993. The maximum absolute atomic E-state index is 5.02. The molecule has 2 aromatic rings. The Labute approximate surface area is 112 Å². The van der Waals surface area contributed by atoms with Crippen LogP contribution in [0.2, 0.25) is 0 Å². The molecule has 6 heteroatoms. The van der Waals surface area contributed by atoms with Crippen molar-refractivity contribution < 1.29 is 4.52 Å². The number of aromatic nitrogens is 4. The summed E-state index contributed by atoms with van der Waals surface area (Å²) in [4.78, 5) is 8.32. The van der Waals surface area contributed by atoms with Crippen LogP contribution >= 0.6 is 0 Å². The van der Waals surface area contributed by atoms with Crippen LogP contribution in [0.1, 0.15) is 43.8 Å². The molecule has 2 unspecified atom stereocenters. The minimum absolute atomic E-state index is 0.411. The molecule has 1 fully saturated rings. The second-order valence-corrected chi connectivity index (χ2v) is 5.15. The smallest absolute Gasteiger partial charge is 0.228 e. The van der Waals surface area contributed by atoms with Crippen molar-refractivity contribution >= 4 is 0 Å². The topological polar surface area (TPSA) is 68.8 Å². The van der Waals surface area contributed by atoms with Gasteiger partial charge in [0.05, 0.1) is 12.0 Å². The summed E-state index contributed by atoms with van der Waals surface area (Å²) < 4.78 is 7.20. The van der Waals surface area contributed by atoms with Gasteiger partial charge in [-0.15, -0.1) is 0 Å². The fourth-order valence-corrected chi connectivity index (χ4v) is 2.70. The maximum Gasteiger partial charge on any atom is 0.228 e. The molecule has 6 nitrogen and oxygen atoms in total. The van der Waals surface area contributed by atoms with Crippen LogP contribution < -0.4 is 5.32 Å². The highest BCUT2D eigenvalue weighted by atomic mass is 16.5. The largest absolute Gasteiger partial charge is 0.340 e. The van der Waals surface area contributed by atoms with Crippen molar-refractivity contribution in [3.05, 3.63) is 30.4 Å². The Morgan fingerprint density at radius 1 is 1.47 bits per heavy atom. The van der Waals surface area contributed by atoms with Gasteiger partial charge in [0.15, 0.2) is 6.33 Å². The minimum Gasteiger partial charge on any atom is -0.340 e. The third kappa shape index (κ3) is 2.84. The first-order chi connectivity index (χ1) is 9.33. The Kier molecular flexibility index (Phi) is 3.59. The average molecular weight is 261 g/mol. The van der Waals surface area contributed by atoms with Gasteiger partial charge in [-0.05, 0) is 26.2 Å². The molecule has 1 aliphatic rings. The molecule has 102 valence electrons. The van der Waals surface area contributed by atoms with Crippen LogP contribution in [0, 0.1) is 0 Å². The molecule has 0 aromatic carbocycles. The highest BCUT2D eigenvalue weighted by Crippen LogP contribution is 2.25. The van der Waals surface area contributed by atoms with Crippen molar-refractivity contribution in [2.75, 3.05) is 0 Å². The van der Waals surface area contributed by atoms with Gasteiger partial charge in [0.1, 0.15) is 0 Å². The van der Waals surface area contributed by atoms with E-state index in [1.54, 1.807) is 0 Å². The lowest BCUT2D eigenvalue weighted by molar-refractivity contribution is 0.326. The normalized spacial score (nSPS) is 23.6. The highest BCUT2D eigenvalue weighted by molar-refractivity contribution is 5.07. The fraction of sp³-hybridized carbons (Fsp3) is 0.615. The molecule has 2 aromatic heterocycles. The van der Waals surface area contributed by atoms with E-state index in [0.717, 1.165) is 13.0 Å². The van der Waals surface area contributed by atoms with E-state index in [4.69, 9.17) is 4.52 Å². The number of imidazole rings is 1. The summed E-state index contributed by atoms with van der Waals surface area (Å²) in [5.41, 5.74) is 1.26. The number of nitrogens with zero attached hydrogens (tertiary/aromatic N) is 4. The number of rotatable bonds is 4. The van der Waals surface area contributed by atoms with Gasteiger partial charge in [0, 0.05) is 31.2 Å². The zero-order valence-electron chi connectivity index (χ0n) is 11.1. The van der Waals surface area contributed by atoms with Crippen LogP contribution in [0.15, 0.2) is 23.4 Å². The summed E-state index contributed by atoms with van der Waals surface area (Å²) in [6.45, 7) is 3.06. The molecule has 19 heavy (non-hydrogen) atoms. The molecule has 0 bridgehead atoms. The van der Waals surface area contributed by atoms with Crippen molar-refractivity contribution in [3.8, 4) is 0 Å². The molecule has 0 amide bonds. The summed E-state index contributed by atoms with van der Waals surface area (Å²) >= 11 is 0. The summed E-state index contributed by atoms with van der Waals surface area (Å²) in [6.07, 6.45) is 9.73. The molecule has 0 radical (unpaired) electrons. The lowest BCUT2D eigenvalue weighted by atomic mass is 9.97. The predicted molar refractivity (Wildman–Crippen MR) is 69.4 cm³/mol. The van der Waals surface area contributed by atoms with Crippen LogP contribution in [0.25, 0.3) is 0 Å². The first kappa shape index (κ1) is 12.3. The molecular formula is C13H19N5O. The molecule has 0 aliphatic carbocycles. The molecule has 1 aliphatic heterocycles. The molecule has 0 spiro atoms. The van der Waals surface area contributed by atoms with Gasteiger partial charge in [-0.2, -0.15) is 4.98 Å². The summed E-state index contributed by atoms with van der Waals surface area (Å²) in [7, 11) is 0. The maximum atomic E-state index is 5.02. The molecule has 3 rings (SSSR count). The number of hydrogen-bond acceptors (Lipinski definition) is 5. The van der Waals surface area contributed by atoms with Gasteiger partial charge in [-0.1, -0.05) is 5.16 Å². The van der Waals surface area contributed by atoms with E-state index in [-0.39, 0.29) is 0 Å². The fourth-order valence-electron chi connectivity index (χ4n) is 2.70. The van der Waals surface area contributed by atoms with E-state index in [2.05, 4.69) is 31.9 Å². The Morgan fingerprint density at radius 2 is 2.42 bits per heavy atom. The van der Waals surface area contributed by atoms with Crippen molar-refractivity contribution in [2.45, 2.75) is 51.2 Å². The van der Waals surface area contributed by atoms with Gasteiger partial charge in [-0.3, -0.25) is 0 Å². The summed E-state index contributed by atoms with van der Waals surface area (Å²) in [5, 5.41) is 7.26. The van der Waals surface area contributed by atoms with Crippen LogP contribution in [0.5, 0.6) is 0 Å². The Morgan fingerprint density at radius 3 is 3.21 bits per heavy atom. The predicted octanol–water partition coefficient (Wildman–Crippen LogP) is 1.71. The van der Waals surface area contributed by atoms with Crippen molar-refractivity contribution in [1.29, 1.82) is 0 Å². The Bertz CT molecular complexity index is 507. The number of piperidine rings is 1. The standard InChI is InChI=1S/C13H19N5O/c1-10-3-2-4-11(17-10)12-7-14-9-18(12)6-5-13-15-8-16-19-13/h7-11,17H,2-6H2,1H3. The van der Waals surface area contributed by atoms with Crippen molar-refractivity contribution in [1.82, 2.24) is 25.0 Å². The van der Waals surface area contributed by atoms with Crippen LogP contribution in [0.3, 0.4) is 0 Å². The van der Waals surface area contributed by atoms with E-state index < -0.39 is 0 Å². The Hall–Kier alpha value is -1.69. The van der Waals surface area contributed by atoms with Crippen LogP contribution in [-0.2, 0) is 13.0 Å². The second kappa shape index (κ2) is 5.52. The monoisotopic (exact) mass is 261 g/mol. The third-order valence-electron chi connectivity index (χ3n) is 3.69. The molecular weight excluding hydrogens is 242 g/mol. The molecule has 1 saturated heterocycles. The quantitative estimate of drug-likeness (QED) is 0.907. The van der Waals surface area contributed by atoms with Gasteiger partial charge in [0.2, 0.25) is 5.89 Å². The SMILES string of the molecule is CC1CCCC(c2cncn2CCc2ncno2)N1. The lowest BCUT2D eigenvalue weighted by Crippen LogP contribution is -2.35. The number of nitrogens with one attached hydrogen (secondary N) is 1. The van der Waals surface area contributed by atoms with E-state index >= 15 is 0 Å². The van der Waals surface area contributed by atoms with Gasteiger partial charge < -0.3 is 14.4 Å². The molecule has 3 heterocycles. The van der Waals surface area contributed by atoms with Gasteiger partial charge >= 0.3 is 0 Å². The van der Waals surface area contributed by atoms with E-state index in [1.807, 2.05) is 12.5 Å². The zero-order chi connectivity index (χ0) is 13.1. The van der Waals surface area contributed by atoms with Crippen LogP contribution in [0.4, 0.5) is 0 Å². The van der Waals surface area contributed by atoms with Gasteiger partial charge in [-0.25, -0.2) is 4.98 Å². The Balaban J connectivity index is 1.67. The lowest BCUT2D eigenvalue weighted by Gasteiger charge is -2.29. The first-order valence-electron chi connectivity index (χ1n) is 6.84. The number of hydrogen-bond donors (Lipinski definition) is 1. The van der Waals surface area contributed by atoms with E-state index in [0.29, 0.717) is 18.0 Å². The van der Waals surface area contributed by atoms with Gasteiger partial charge in [0.25, 0.3) is 0 Å². The zero-order valence-corrected chi connectivity index (χ0v) is 11.1. The van der Waals surface area contributed by atoms with Crippen molar-refractivity contribution in [2.24, 2.45) is 0 Å². The summed E-state index contributed by atoms with van der Waals surface area (Å²) in [5.74, 6) is 0.671. The number of aryl methyl sites for hydroxylation is 2. The average Bonchev–Trinajstić information content (AvgIpc) is 3.08. The second-order valence-electron chi connectivity index (χ2n) is 5.15. The molecule has 2 atom stereocenters. The molecule has 1 N–H and O–H groups in total. The first-order valence-corrected chi connectivity index (χ1v) is 6.84. The van der Waals surface area contributed by atoms with Crippen LogP contribution in [-0.4, -0.2) is 25.7 Å². The van der Waals surface area contributed by atoms with E-state index in [9.17, 15) is 0 Å². The van der Waals surface area contributed by atoms with Crippen molar-refractivity contribution in [3.63, 3.8) is 0 Å². The van der Waals surface area contributed by atoms with E-state index in [1.165, 1.54) is 31.3 Å². The third-order valence-corrected chi connectivity index (χ3v) is 3.69. The highest BCUT2D eigenvalue weighted by Gasteiger charge is 2.22. The minimum atomic E-state index is 0.411. The molecule has 0 saturated carbocycles.